The molecule has 0 amide bonds. The number of benzene rings is 15. The molecule has 0 aromatic heterocycles. The second kappa shape index (κ2) is 37.3. The van der Waals surface area contributed by atoms with E-state index >= 15 is 0 Å². The first kappa shape index (κ1) is 91.5. The molecule has 12 heteroatoms. The van der Waals surface area contributed by atoms with Gasteiger partial charge in [-0.25, -0.2) is 17.9 Å². The molecule has 0 bridgehead atoms. The number of hydrogen-bond donors (Lipinski definition) is 0. The molecule has 4 unspecified atom stereocenters. The number of nitrogens with zero attached hydrogens (tertiary/aromatic N) is 10. The van der Waals surface area contributed by atoms with Crippen molar-refractivity contribution in [3.05, 3.63) is 442 Å². The molecule has 15 aromatic rings. The monoisotopic (exact) mass is 1780 g/mol. The van der Waals surface area contributed by atoms with Crippen molar-refractivity contribution in [2.75, 3.05) is 61.5 Å². The number of para-hydroxylation sites is 10. The van der Waals surface area contributed by atoms with Crippen LogP contribution in [0.25, 0.3) is 28.3 Å². The Balaban J connectivity index is 0.000000118. The zero-order valence-corrected chi connectivity index (χ0v) is 83.5. The van der Waals surface area contributed by atoms with Crippen LogP contribution in [0.5, 0.6) is 0 Å². The van der Waals surface area contributed by atoms with E-state index in [1.807, 2.05) is 0 Å². The third kappa shape index (κ3) is 18.0. The minimum Gasteiger partial charge on any atom is -0.355 e. The minimum absolute atomic E-state index is 0.680. The summed E-state index contributed by atoms with van der Waals surface area (Å²) in [6.45, 7) is 40.0. The highest BCUT2D eigenvalue weighted by Crippen LogP contribution is 2.51. The van der Waals surface area contributed by atoms with E-state index in [2.05, 4.69) is 548 Å². The van der Waals surface area contributed by atoms with Gasteiger partial charge in [0, 0.05) is 92.5 Å². The van der Waals surface area contributed by atoms with Crippen LogP contribution >= 0.6 is 0 Å². The normalized spacial score (nSPS) is 18.6. The van der Waals surface area contributed by atoms with Gasteiger partial charge in [-0.3, -0.25) is 0 Å². The van der Waals surface area contributed by atoms with E-state index in [-0.39, 0.29) is 0 Å². The first-order valence-corrected chi connectivity index (χ1v) is 54.0. The summed E-state index contributed by atoms with van der Waals surface area (Å²) in [5.74, 6) is 0. The maximum atomic E-state index is 2.56. The maximum absolute atomic E-state index is 2.56. The highest BCUT2D eigenvalue weighted by molar-refractivity contribution is 6.95. The number of hydrogen-bond acceptors (Lipinski definition) is 0. The third-order valence-electron chi connectivity index (χ3n) is 28.2. The number of aryl methyl sites for hydroxylation is 9. The van der Waals surface area contributed by atoms with E-state index < -0.39 is 16.5 Å². The van der Waals surface area contributed by atoms with Crippen molar-refractivity contribution < 1.29 is 22.9 Å². The molecule has 0 radical (unpaired) electrons. The van der Waals surface area contributed by atoms with Gasteiger partial charge in [-0.15, -0.1) is 18.3 Å². The van der Waals surface area contributed by atoms with Crippen LogP contribution in [0.4, 0.5) is 73.9 Å². The largest absolute Gasteiger partial charge is 0.355 e. The molecule has 0 aliphatic carbocycles. The highest BCUT2D eigenvalue weighted by atomic mass is 28.4. The summed E-state index contributed by atoms with van der Waals surface area (Å²) < 4.78 is 16.4. The number of fused-ring (bicyclic) bond motifs is 4. The second-order valence-electron chi connectivity index (χ2n) is 40.0. The van der Waals surface area contributed by atoms with Crippen molar-refractivity contribution in [1.29, 1.82) is 0 Å². The van der Waals surface area contributed by atoms with Crippen LogP contribution < -0.4 is 21.7 Å². The lowest BCUT2D eigenvalue weighted by Crippen LogP contribution is -2.79. The number of rotatable bonds is 12. The van der Waals surface area contributed by atoms with E-state index in [9.17, 15) is 0 Å². The summed E-state index contributed by atoms with van der Waals surface area (Å²) in [6.07, 6.45) is 16.2. The Hall–Kier alpha value is -13.4. The lowest BCUT2D eigenvalue weighted by Gasteiger charge is -2.56. The second-order valence-corrected chi connectivity index (χ2v) is 50.7. The van der Waals surface area contributed by atoms with Crippen molar-refractivity contribution in [3.8, 4) is 22.3 Å². The predicted octanol–water partition coefficient (Wildman–Crippen LogP) is 28.9. The Labute approximate surface area is 793 Å². The van der Waals surface area contributed by atoms with Gasteiger partial charge in [0.25, 0.3) is 43.1 Å². The van der Waals surface area contributed by atoms with E-state index in [0.717, 1.165) is 46.8 Å². The SMILES string of the molecule is C[N+]12C=Cc3cccc(c31)C=[N+](c1ccccc1)C2.Cc1cc(C)c2c(c1)C=[N+](c1c(C)cccc1C)C[N+]2(C)c1ccccc1.Cc1cc(C)c2c(c1)C=[N+](c1ccccc1)C[N+]2([Si](C)(C)C)[Si](C)(C)C.Cc1cccc(C)c1[N+]1=Cc2cc(-c3ccccc3)cc(-c3ccccc3)c2[N+](C)(c2ccccc2)C1.Cc1cccc2c1[N+](C)(c1ccccc1)C[N+](c1ccccc1)=C2. The molecule has 664 valence electrons. The van der Waals surface area contributed by atoms with E-state index in [0.29, 0.717) is 4.48 Å². The smallest absolute Gasteiger partial charge is 0.285 e. The zero-order valence-electron chi connectivity index (χ0n) is 81.5. The molecule has 0 N–H and O–H groups in total. The average Bonchev–Trinajstić information content (AvgIpc) is 0.962. The van der Waals surface area contributed by atoms with Crippen LogP contribution in [0.15, 0.2) is 358 Å². The van der Waals surface area contributed by atoms with E-state index in [1.165, 1.54) is 178 Å². The van der Waals surface area contributed by atoms with Gasteiger partial charge in [0.2, 0.25) is 35.1 Å². The van der Waals surface area contributed by atoms with Crippen molar-refractivity contribution in [1.82, 2.24) is 21.7 Å². The van der Waals surface area contributed by atoms with Crippen molar-refractivity contribution >= 4 is 128 Å². The Bertz CT molecular complexity index is 7000. The molecule has 15 aromatic carbocycles. The molecule has 0 saturated carbocycles. The fraction of sp³-hybridized carbons (Fsp3) is 0.198. The molecule has 21 rings (SSSR count). The third-order valence-corrected chi connectivity index (χ3v) is 37.5. The highest BCUT2D eigenvalue weighted by Gasteiger charge is 2.60. The molecular formula is C121H132N10Si2+10. The molecule has 0 saturated heterocycles. The summed E-state index contributed by atoms with van der Waals surface area (Å²) in [5, 5.41) is 0. The van der Waals surface area contributed by atoms with Crippen LogP contribution in [0.1, 0.15) is 83.5 Å². The summed E-state index contributed by atoms with van der Waals surface area (Å²) in [6, 6.07) is 127. The van der Waals surface area contributed by atoms with Crippen molar-refractivity contribution in [2.24, 2.45) is 0 Å². The van der Waals surface area contributed by atoms with Crippen LogP contribution in [-0.2, 0) is 0 Å². The van der Waals surface area contributed by atoms with Crippen molar-refractivity contribution in [2.45, 2.75) is 102 Å². The Kier molecular flexibility index (Phi) is 25.7. The standard InChI is InChI=1S/C35H32N2.C25H28N2.C22H34N2Si2.C22H22N2.C17H16N2/c1-26-14-13-15-27(2)34(26)36-24-31-22-30(28-16-7-4-8-17-28)23-33(29-18-9-5-10-19-29)35(31)37(3,25-36)32-20-11-6-12-21-32;1-18-14-21(4)25-22(15-18)16-26(24-19(2)10-9-11-20(24)3)17-27(25,5)23-12-7-6-8-13-23;1-18-14-19(2)22-20(15-18)16-23(21-12-10-9-11-13-21)17-24(22,25(3,4)5)26(6,7)8;1-18-10-9-11-19-16-23(20-12-5-3-6-13-20)17-24(2,22(18)19)21-14-7-4-8-15-21;1-19-11-10-14-6-5-7-15(17(14)19)12-18(13-19)16-8-3-2-4-9-16/h4-24H,25H2,1-3H3;6-16H,17H2,1-5H3;9-16H,17H2,1-8H3;3-16H,17H2,1-2H3;2-12H,13H2,1H3/q5*+2. The summed E-state index contributed by atoms with van der Waals surface area (Å²) in [4.78, 5) is 0. The van der Waals surface area contributed by atoms with Gasteiger partial charge >= 0.3 is 0 Å². The predicted molar refractivity (Wildman–Crippen MR) is 574 cm³/mol. The first-order valence-electron chi connectivity index (χ1n) is 47.1. The summed E-state index contributed by atoms with van der Waals surface area (Å²) >= 11 is 0. The lowest BCUT2D eigenvalue weighted by atomic mass is 9.91. The van der Waals surface area contributed by atoms with Gasteiger partial charge in [0.1, 0.15) is 51.2 Å². The Morgan fingerprint density at radius 2 is 0.549 bits per heavy atom. The van der Waals surface area contributed by atoms with Crippen molar-refractivity contribution in [3.63, 3.8) is 0 Å². The molecule has 4 atom stereocenters. The molecule has 6 heterocycles. The van der Waals surface area contributed by atoms with Gasteiger partial charge in [0.15, 0.2) is 53.8 Å². The van der Waals surface area contributed by atoms with E-state index in [4.69, 9.17) is 0 Å². The lowest BCUT2D eigenvalue weighted by molar-refractivity contribution is -0.457. The van der Waals surface area contributed by atoms with Gasteiger partial charge < -0.3 is 3.81 Å². The molecular weight excluding hydrogens is 1650 g/mol. The van der Waals surface area contributed by atoms with E-state index in [1.54, 1.807) is 5.69 Å². The van der Waals surface area contributed by atoms with Crippen LogP contribution in [0, 0.1) is 62.3 Å². The fourth-order valence-corrected chi connectivity index (χ4v) is 33.7. The average molecular weight is 1780 g/mol. The number of quaternary nitrogens is 5. The Morgan fingerprint density at radius 1 is 0.233 bits per heavy atom. The minimum atomic E-state index is -1.58. The Morgan fingerprint density at radius 3 is 0.992 bits per heavy atom. The van der Waals surface area contributed by atoms with Crippen LogP contribution in [0.3, 0.4) is 0 Å². The van der Waals surface area contributed by atoms with Gasteiger partial charge in [-0.05, 0) is 208 Å². The van der Waals surface area contributed by atoms with Gasteiger partial charge in [-0.1, -0.05) is 237 Å². The maximum Gasteiger partial charge on any atom is 0.285 e. The molecule has 0 spiro atoms. The fourth-order valence-electron chi connectivity index (χ4n) is 22.5. The molecule has 6 aliphatic rings. The quantitative estimate of drug-likeness (QED) is 0.0658. The molecule has 133 heavy (non-hydrogen) atoms. The summed E-state index contributed by atoms with van der Waals surface area (Å²) in [5.41, 5.74) is 42.4. The van der Waals surface area contributed by atoms with Crippen LogP contribution in [-0.4, -0.2) is 132 Å². The summed E-state index contributed by atoms with van der Waals surface area (Å²) in [7, 11) is 6.12. The molecule has 6 aliphatic heterocycles. The van der Waals surface area contributed by atoms with Crippen LogP contribution in [0.2, 0.25) is 39.3 Å². The first-order chi connectivity index (χ1) is 63.9. The van der Waals surface area contributed by atoms with Gasteiger partial charge in [0.05, 0.1) is 33.8 Å². The van der Waals surface area contributed by atoms with Gasteiger partial charge in [-0.2, -0.15) is 4.58 Å². The zero-order chi connectivity index (χ0) is 93.4. The molecule has 0 fully saturated rings. The topological polar surface area (TPSA) is 15.0 Å². The molecule has 10 nitrogen and oxygen atoms in total.